The van der Waals surface area contributed by atoms with Crippen LogP contribution in [0.2, 0.25) is 0 Å². The van der Waals surface area contributed by atoms with E-state index in [1.165, 1.54) is 28.8 Å². The van der Waals surface area contributed by atoms with Gasteiger partial charge in [0.15, 0.2) is 0 Å². The highest BCUT2D eigenvalue weighted by Gasteiger charge is 2.18. The van der Waals surface area contributed by atoms with Crippen LogP contribution < -0.4 is 10.4 Å². The van der Waals surface area contributed by atoms with Gasteiger partial charge < -0.3 is 9.72 Å². The molecule has 0 spiro atoms. The summed E-state index contributed by atoms with van der Waals surface area (Å²) in [6.07, 6.45) is 1.54. The van der Waals surface area contributed by atoms with Crippen LogP contribution in [0.25, 0.3) is 5.69 Å². The smallest absolute Gasteiger partial charge is 0.338 e. The topological polar surface area (TPSA) is 110 Å². The van der Waals surface area contributed by atoms with Gasteiger partial charge in [0.25, 0.3) is 10.0 Å². The predicted molar refractivity (Wildman–Crippen MR) is 104 cm³/mol. The molecule has 1 aromatic heterocycles. The van der Waals surface area contributed by atoms with Crippen molar-refractivity contribution in [1.82, 2.24) is 9.55 Å². The van der Waals surface area contributed by atoms with E-state index in [0.29, 0.717) is 11.4 Å². The number of aromatic nitrogens is 2. The van der Waals surface area contributed by atoms with Crippen LogP contribution in [0.1, 0.15) is 23.0 Å². The number of aryl methyl sites for hydroxylation is 1. The molecule has 3 rings (SSSR count). The molecule has 9 heteroatoms. The number of ether oxygens (including phenoxy) is 1. The maximum Gasteiger partial charge on any atom is 0.338 e. The monoisotopic (exact) mass is 401 g/mol. The van der Waals surface area contributed by atoms with E-state index < -0.39 is 16.0 Å². The van der Waals surface area contributed by atoms with Crippen LogP contribution in [0.3, 0.4) is 0 Å². The first kappa shape index (κ1) is 19.4. The number of carbonyl (C=O) groups is 1. The van der Waals surface area contributed by atoms with Gasteiger partial charge in [0.1, 0.15) is 0 Å². The Morgan fingerprint density at radius 3 is 2.43 bits per heavy atom. The van der Waals surface area contributed by atoms with Gasteiger partial charge in [-0.15, -0.1) is 0 Å². The van der Waals surface area contributed by atoms with E-state index in [9.17, 15) is 18.0 Å². The van der Waals surface area contributed by atoms with Gasteiger partial charge in [-0.1, -0.05) is 12.1 Å². The van der Waals surface area contributed by atoms with E-state index in [1.807, 2.05) is 0 Å². The third-order valence-electron chi connectivity index (χ3n) is 4.03. The maximum absolute atomic E-state index is 12.8. The van der Waals surface area contributed by atoms with E-state index in [0.717, 1.165) is 0 Å². The predicted octanol–water partition coefficient (Wildman–Crippen LogP) is 2.45. The first-order valence-electron chi connectivity index (χ1n) is 8.50. The number of hydrogen-bond acceptors (Lipinski definition) is 5. The Balaban J connectivity index is 1.94. The van der Waals surface area contributed by atoms with E-state index in [1.54, 1.807) is 44.3 Å². The summed E-state index contributed by atoms with van der Waals surface area (Å²) in [5.41, 5.74) is 1.17. The lowest BCUT2D eigenvalue weighted by molar-refractivity contribution is 0.0526. The molecule has 0 aliphatic rings. The van der Waals surface area contributed by atoms with E-state index >= 15 is 0 Å². The van der Waals surface area contributed by atoms with E-state index in [2.05, 4.69) is 9.71 Å². The quantitative estimate of drug-likeness (QED) is 0.617. The molecule has 2 N–H and O–H groups in total. The molecule has 146 valence electrons. The third-order valence-corrected chi connectivity index (χ3v) is 5.41. The van der Waals surface area contributed by atoms with Crippen LogP contribution in [0, 0.1) is 6.92 Å². The highest BCUT2D eigenvalue weighted by atomic mass is 32.2. The average Bonchev–Trinajstić information content (AvgIpc) is 3.00. The van der Waals surface area contributed by atoms with Gasteiger partial charge in [0.2, 0.25) is 0 Å². The lowest BCUT2D eigenvalue weighted by Gasteiger charge is -2.14. The van der Waals surface area contributed by atoms with Crippen LogP contribution in [0.4, 0.5) is 5.69 Å². The first-order chi connectivity index (χ1) is 13.3. The molecule has 0 saturated heterocycles. The highest BCUT2D eigenvalue weighted by Crippen LogP contribution is 2.23. The summed E-state index contributed by atoms with van der Waals surface area (Å²) in [4.78, 5) is 26.3. The van der Waals surface area contributed by atoms with Crippen LogP contribution in [0.15, 0.2) is 64.4 Å². The second-order valence-electron chi connectivity index (χ2n) is 5.94. The summed E-state index contributed by atoms with van der Waals surface area (Å²) < 4.78 is 34.3. The Hall–Kier alpha value is -3.33. The molecule has 0 fully saturated rings. The van der Waals surface area contributed by atoms with Crippen molar-refractivity contribution in [2.24, 2.45) is 0 Å². The minimum atomic E-state index is -3.94. The lowest BCUT2D eigenvalue weighted by atomic mass is 10.2. The van der Waals surface area contributed by atoms with E-state index in [-0.39, 0.29) is 28.4 Å². The van der Waals surface area contributed by atoms with E-state index in [4.69, 9.17) is 4.74 Å². The summed E-state index contributed by atoms with van der Waals surface area (Å²) in [7, 11) is -3.94. The molecule has 1 heterocycles. The molecule has 0 saturated carbocycles. The van der Waals surface area contributed by atoms with Gasteiger partial charge in [0.05, 0.1) is 28.4 Å². The molecule has 0 atom stereocenters. The molecule has 0 amide bonds. The fraction of sp³-hybridized carbons (Fsp3) is 0.158. The van der Waals surface area contributed by atoms with Crippen molar-refractivity contribution in [1.29, 1.82) is 0 Å². The third kappa shape index (κ3) is 3.84. The zero-order valence-corrected chi connectivity index (χ0v) is 16.1. The Morgan fingerprint density at radius 1 is 1.14 bits per heavy atom. The van der Waals surface area contributed by atoms with Crippen LogP contribution in [0.5, 0.6) is 0 Å². The lowest BCUT2D eigenvalue weighted by Crippen LogP contribution is -2.20. The Bertz CT molecular complexity index is 1160. The molecule has 28 heavy (non-hydrogen) atoms. The number of H-pyrrole nitrogens is 1. The molecule has 0 aliphatic heterocycles. The second-order valence-corrected chi connectivity index (χ2v) is 7.62. The molecule has 8 nitrogen and oxygen atoms in total. The number of imidazole rings is 1. The van der Waals surface area contributed by atoms with Gasteiger partial charge in [0, 0.05) is 11.9 Å². The van der Waals surface area contributed by atoms with Crippen molar-refractivity contribution in [2.45, 2.75) is 18.7 Å². The zero-order chi connectivity index (χ0) is 20.3. The molecule has 0 unspecified atom stereocenters. The Labute approximate surface area is 161 Å². The van der Waals surface area contributed by atoms with Crippen LogP contribution in [-0.4, -0.2) is 30.5 Å². The zero-order valence-electron chi connectivity index (χ0n) is 15.3. The summed E-state index contributed by atoms with van der Waals surface area (Å²) in [5, 5.41) is 0. The normalized spacial score (nSPS) is 11.2. The molecule has 0 radical (unpaired) electrons. The number of carbonyl (C=O) groups excluding carboxylic acids is 1. The van der Waals surface area contributed by atoms with Crippen LogP contribution >= 0.6 is 0 Å². The highest BCUT2D eigenvalue weighted by molar-refractivity contribution is 7.92. The van der Waals surface area contributed by atoms with Crippen molar-refractivity contribution in [3.8, 4) is 5.69 Å². The molecule has 3 aromatic rings. The summed E-state index contributed by atoms with van der Waals surface area (Å²) >= 11 is 0. The number of aromatic amines is 1. The Morgan fingerprint density at radius 2 is 1.82 bits per heavy atom. The fourth-order valence-corrected chi connectivity index (χ4v) is 3.77. The SMILES string of the molecule is CCOC(=O)c1ccc(S(=O)(=O)Nc2ccccc2-n2c(C)c[nH]c2=O)cc1. The number of anilines is 1. The van der Waals surface area contributed by atoms with Gasteiger partial charge in [-0.3, -0.25) is 9.29 Å². The minimum Gasteiger partial charge on any atom is -0.462 e. The minimum absolute atomic E-state index is 0.0199. The van der Waals surface area contributed by atoms with Gasteiger partial charge >= 0.3 is 11.7 Å². The van der Waals surface area contributed by atoms with Gasteiger partial charge in [-0.2, -0.15) is 0 Å². The molecular formula is C19H19N3O5S. The Kier molecular flexibility index (Phi) is 5.36. The standard InChI is InChI=1S/C19H19N3O5S/c1-3-27-18(23)14-8-10-15(11-9-14)28(25,26)21-16-6-4-5-7-17(16)22-13(2)12-20-19(22)24/h4-12,21H,3H2,1-2H3,(H,20,24). The number of para-hydroxylation sites is 2. The van der Waals surface area contributed by atoms with Gasteiger partial charge in [-0.05, 0) is 50.2 Å². The molecule has 0 bridgehead atoms. The molecular weight excluding hydrogens is 382 g/mol. The summed E-state index contributed by atoms with van der Waals surface area (Å²) in [6.45, 7) is 3.65. The number of esters is 1. The van der Waals surface area contributed by atoms with Crippen molar-refractivity contribution in [2.75, 3.05) is 11.3 Å². The fourth-order valence-electron chi connectivity index (χ4n) is 2.70. The second kappa shape index (κ2) is 7.73. The van der Waals surface area contributed by atoms with Crippen molar-refractivity contribution < 1.29 is 17.9 Å². The van der Waals surface area contributed by atoms with Crippen molar-refractivity contribution >= 4 is 21.7 Å². The summed E-state index contributed by atoms with van der Waals surface area (Å²) in [5.74, 6) is -0.521. The number of nitrogens with zero attached hydrogens (tertiary/aromatic N) is 1. The number of hydrogen-bond donors (Lipinski definition) is 2. The molecule has 2 aromatic carbocycles. The van der Waals surface area contributed by atoms with Crippen molar-refractivity contribution in [3.05, 3.63) is 76.5 Å². The number of rotatable bonds is 6. The van der Waals surface area contributed by atoms with Crippen molar-refractivity contribution in [3.63, 3.8) is 0 Å². The molecule has 0 aliphatic carbocycles. The van der Waals surface area contributed by atoms with Gasteiger partial charge in [-0.25, -0.2) is 18.0 Å². The first-order valence-corrected chi connectivity index (χ1v) is 9.98. The summed E-state index contributed by atoms with van der Waals surface area (Å²) in [6, 6.07) is 12.0. The number of nitrogens with one attached hydrogen (secondary N) is 2. The van der Waals surface area contributed by atoms with Crippen LogP contribution in [-0.2, 0) is 14.8 Å². The number of sulfonamides is 1. The number of benzene rings is 2. The maximum atomic E-state index is 12.8. The largest absolute Gasteiger partial charge is 0.462 e. The average molecular weight is 401 g/mol.